The fourth-order valence-electron chi connectivity index (χ4n) is 3.61. The summed E-state index contributed by atoms with van der Waals surface area (Å²) < 4.78 is 7.67. The number of hydrogen-bond acceptors (Lipinski definition) is 3. The third-order valence-electron chi connectivity index (χ3n) is 5.54. The molecule has 0 saturated heterocycles. The second-order valence-electron chi connectivity index (χ2n) is 8.24. The summed E-state index contributed by atoms with van der Waals surface area (Å²) in [4.78, 5) is 28.5. The number of carbonyl (C=O) groups is 2. The minimum Gasteiger partial charge on any atom is -0.484 e. The number of unbranched alkanes of at least 4 members (excludes halogenated alkanes) is 1. The summed E-state index contributed by atoms with van der Waals surface area (Å²) in [5, 5.41) is 3.03. The highest BCUT2D eigenvalue weighted by Crippen LogP contribution is 2.19. The van der Waals surface area contributed by atoms with Gasteiger partial charge >= 0.3 is 0 Å². The van der Waals surface area contributed by atoms with Gasteiger partial charge in [-0.2, -0.15) is 0 Å². The summed E-state index contributed by atoms with van der Waals surface area (Å²) in [6.07, 6.45) is 2.28. The number of ether oxygens (including phenoxy) is 1. The van der Waals surface area contributed by atoms with Crippen molar-refractivity contribution in [3.8, 4) is 5.75 Å². The van der Waals surface area contributed by atoms with Crippen LogP contribution in [0.25, 0.3) is 0 Å². The first-order valence-corrected chi connectivity index (χ1v) is 13.3. The molecular weight excluding hydrogens is 572 g/mol. The van der Waals surface area contributed by atoms with Crippen molar-refractivity contribution in [1.29, 1.82) is 0 Å². The van der Waals surface area contributed by atoms with Gasteiger partial charge in [-0.05, 0) is 53.9 Å². The van der Waals surface area contributed by atoms with Crippen molar-refractivity contribution in [1.82, 2.24) is 10.2 Å². The van der Waals surface area contributed by atoms with Gasteiger partial charge in [0.15, 0.2) is 6.61 Å². The number of halogens is 2. The maximum Gasteiger partial charge on any atom is 0.261 e. The molecule has 35 heavy (non-hydrogen) atoms. The minimum absolute atomic E-state index is 0.156. The van der Waals surface area contributed by atoms with Gasteiger partial charge in [0.25, 0.3) is 5.91 Å². The minimum atomic E-state index is -0.668. The maximum absolute atomic E-state index is 13.5. The van der Waals surface area contributed by atoms with Crippen LogP contribution in [0.4, 0.5) is 0 Å². The van der Waals surface area contributed by atoms with Crippen molar-refractivity contribution in [2.24, 2.45) is 0 Å². The summed E-state index contributed by atoms with van der Waals surface area (Å²) in [6, 6.07) is 24.2. The lowest BCUT2D eigenvalue weighted by molar-refractivity contribution is -0.142. The van der Waals surface area contributed by atoms with E-state index in [1.165, 1.54) is 0 Å². The first kappa shape index (κ1) is 27.0. The molecule has 184 valence electrons. The molecule has 0 radical (unpaired) electrons. The van der Waals surface area contributed by atoms with Crippen LogP contribution in [0, 0.1) is 0 Å². The Labute approximate surface area is 224 Å². The van der Waals surface area contributed by atoms with Crippen molar-refractivity contribution >= 4 is 43.7 Å². The van der Waals surface area contributed by atoms with E-state index in [1.807, 2.05) is 66.7 Å². The van der Waals surface area contributed by atoms with E-state index in [9.17, 15) is 9.59 Å². The average Bonchev–Trinajstić information content (AvgIpc) is 2.87. The molecule has 1 N–H and O–H groups in total. The number of benzene rings is 3. The van der Waals surface area contributed by atoms with Crippen molar-refractivity contribution in [3.63, 3.8) is 0 Å². The first-order valence-electron chi connectivity index (χ1n) is 11.7. The monoisotopic (exact) mass is 600 g/mol. The van der Waals surface area contributed by atoms with E-state index in [2.05, 4.69) is 44.1 Å². The molecule has 0 heterocycles. The zero-order valence-electron chi connectivity index (χ0n) is 19.8. The predicted octanol–water partition coefficient (Wildman–Crippen LogP) is 6.15. The third kappa shape index (κ3) is 8.82. The second kappa shape index (κ2) is 14.0. The van der Waals surface area contributed by atoms with Gasteiger partial charge in [-0.3, -0.25) is 9.59 Å². The summed E-state index contributed by atoms with van der Waals surface area (Å²) in [7, 11) is 0. The van der Waals surface area contributed by atoms with E-state index in [-0.39, 0.29) is 18.4 Å². The largest absolute Gasteiger partial charge is 0.484 e. The van der Waals surface area contributed by atoms with Crippen molar-refractivity contribution in [2.75, 3.05) is 13.2 Å². The molecule has 3 aromatic rings. The molecule has 0 aliphatic heterocycles. The third-order valence-corrected chi connectivity index (χ3v) is 6.60. The lowest BCUT2D eigenvalue weighted by Crippen LogP contribution is -2.51. The van der Waals surface area contributed by atoms with Gasteiger partial charge in [-0.1, -0.05) is 87.7 Å². The number of nitrogens with one attached hydrogen (secondary N) is 1. The normalized spacial score (nSPS) is 11.5. The molecular formula is C28H30Br2N2O3. The molecule has 0 aromatic heterocycles. The van der Waals surface area contributed by atoms with Gasteiger partial charge in [0.2, 0.25) is 5.91 Å². The van der Waals surface area contributed by atoms with E-state index in [0.29, 0.717) is 25.3 Å². The summed E-state index contributed by atoms with van der Waals surface area (Å²) in [5.74, 6) is 0.191. The van der Waals surface area contributed by atoms with Crippen LogP contribution in [-0.4, -0.2) is 35.9 Å². The molecule has 7 heteroatoms. The highest BCUT2D eigenvalue weighted by atomic mass is 79.9. The van der Waals surface area contributed by atoms with Gasteiger partial charge in [0, 0.05) is 28.5 Å². The fourth-order valence-corrected chi connectivity index (χ4v) is 4.13. The molecule has 3 aromatic carbocycles. The highest BCUT2D eigenvalue weighted by molar-refractivity contribution is 9.10. The SMILES string of the molecule is CCCCNC(=O)[C@@H](Cc1ccccc1)N(Cc1ccc(Br)cc1)C(=O)COc1ccc(Br)cc1. The van der Waals surface area contributed by atoms with Crippen LogP contribution < -0.4 is 10.1 Å². The van der Waals surface area contributed by atoms with Crippen LogP contribution in [0.5, 0.6) is 5.75 Å². The Morgan fingerprint density at radius 3 is 2.14 bits per heavy atom. The second-order valence-corrected chi connectivity index (χ2v) is 10.1. The van der Waals surface area contributed by atoms with Gasteiger partial charge in [-0.15, -0.1) is 0 Å². The number of rotatable bonds is 12. The zero-order valence-corrected chi connectivity index (χ0v) is 22.9. The molecule has 0 spiro atoms. The zero-order chi connectivity index (χ0) is 25.0. The maximum atomic E-state index is 13.5. The summed E-state index contributed by atoms with van der Waals surface area (Å²) in [6.45, 7) is 2.80. The van der Waals surface area contributed by atoms with Crippen LogP contribution in [0.1, 0.15) is 30.9 Å². The molecule has 3 rings (SSSR count). The first-order chi connectivity index (χ1) is 17.0. The highest BCUT2D eigenvalue weighted by Gasteiger charge is 2.30. The molecule has 5 nitrogen and oxygen atoms in total. The van der Waals surface area contributed by atoms with Crippen LogP contribution in [-0.2, 0) is 22.6 Å². The Morgan fingerprint density at radius 2 is 1.51 bits per heavy atom. The molecule has 0 aliphatic rings. The van der Waals surface area contributed by atoms with E-state index in [0.717, 1.165) is 32.9 Å². The Bertz CT molecular complexity index is 1070. The van der Waals surface area contributed by atoms with E-state index >= 15 is 0 Å². The van der Waals surface area contributed by atoms with Crippen molar-refractivity contribution in [3.05, 3.63) is 98.9 Å². The average molecular weight is 602 g/mol. The lowest BCUT2D eigenvalue weighted by atomic mass is 10.0. The Balaban J connectivity index is 1.86. The Hall–Kier alpha value is -2.64. The van der Waals surface area contributed by atoms with Gasteiger partial charge in [-0.25, -0.2) is 0 Å². The van der Waals surface area contributed by atoms with Gasteiger partial charge in [0.1, 0.15) is 11.8 Å². The van der Waals surface area contributed by atoms with Crippen LogP contribution in [0.3, 0.4) is 0 Å². The summed E-state index contributed by atoms with van der Waals surface area (Å²) >= 11 is 6.86. The van der Waals surface area contributed by atoms with Crippen molar-refractivity contribution in [2.45, 2.75) is 38.8 Å². The Kier molecular flexibility index (Phi) is 10.8. The molecule has 2 amide bonds. The molecule has 0 saturated carbocycles. The standard InChI is InChI=1S/C28H30Br2N2O3/c1-2-3-17-31-28(34)26(18-21-7-5-4-6-8-21)32(19-22-9-11-23(29)12-10-22)27(33)20-35-25-15-13-24(30)14-16-25/h4-16,26H,2-3,17-20H2,1H3,(H,31,34)/t26-/m1/s1. The number of nitrogens with zero attached hydrogens (tertiary/aromatic N) is 1. The smallest absolute Gasteiger partial charge is 0.261 e. The topological polar surface area (TPSA) is 58.6 Å². The quantitative estimate of drug-likeness (QED) is 0.253. The van der Waals surface area contributed by atoms with Gasteiger partial charge < -0.3 is 15.0 Å². The Morgan fingerprint density at radius 1 is 0.886 bits per heavy atom. The molecule has 1 atom stereocenters. The lowest BCUT2D eigenvalue weighted by Gasteiger charge is -2.31. The fraction of sp³-hybridized carbons (Fsp3) is 0.286. The van der Waals surface area contributed by atoms with Crippen LogP contribution in [0.2, 0.25) is 0 Å². The van der Waals surface area contributed by atoms with E-state index in [1.54, 1.807) is 17.0 Å². The van der Waals surface area contributed by atoms with Crippen LogP contribution >= 0.6 is 31.9 Å². The predicted molar refractivity (Wildman–Crippen MR) is 146 cm³/mol. The molecule has 0 unspecified atom stereocenters. The number of hydrogen-bond donors (Lipinski definition) is 1. The van der Waals surface area contributed by atoms with Gasteiger partial charge in [0.05, 0.1) is 0 Å². The van der Waals surface area contributed by atoms with E-state index < -0.39 is 6.04 Å². The van der Waals surface area contributed by atoms with Crippen LogP contribution in [0.15, 0.2) is 87.8 Å². The van der Waals surface area contributed by atoms with E-state index in [4.69, 9.17) is 4.74 Å². The van der Waals surface area contributed by atoms with Crippen molar-refractivity contribution < 1.29 is 14.3 Å². The molecule has 0 bridgehead atoms. The molecule has 0 fully saturated rings. The molecule has 0 aliphatic carbocycles. The summed E-state index contributed by atoms with van der Waals surface area (Å²) in [5.41, 5.74) is 1.93. The number of carbonyl (C=O) groups excluding carboxylic acids is 2. The number of amides is 2.